The highest BCUT2D eigenvalue weighted by molar-refractivity contribution is 7.98. The second-order valence-corrected chi connectivity index (χ2v) is 9.64. The predicted octanol–water partition coefficient (Wildman–Crippen LogP) is 5.47. The SMILES string of the molecule is COC(=O)[C@H](CCSC)NC(=O)c1ccc(C2OCC(c3ccccc3)O2)cc1-c1ccccc1C. The molecule has 1 heterocycles. The maximum absolute atomic E-state index is 13.4. The number of ether oxygens (including phenoxy) is 3. The van der Waals surface area contributed by atoms with Gasteiger partial charge in [0, 0.05) is 11.1 Å². The summed E-state index contributed by atoms with van der Waals surface area (Å²) in [7, 11) is 1.33. The predicted molar refractivity (Wildman–Crippen MR) is 142 cm³/mol. The third-order valence-corrected chi connectivity index (χ3v) is 6.90. The van der Waals surface area contributed by atoms with Crippen LogP contribution in [0.15, 0.2) is 72.8 Å². The van der Waals surface area contributed by atoms with Gasteiger partial charge in [-0.3, -0.25) is 4.79 Å². The number of hydrogen-bond acceptors (Lipinski definition) is 6. The van der Waals surface area contributed by atoms with E-state index in [4.69, 9.17) is 14.2 Å². The summed E-state index contributed by atoms with van der Waals surface area (Å²) in [5, 5.41) is 2.88. The van der Waals surface area contributed by atoms with Crippen LogP contribution in [0.5, 0.6) is 0 Å². The first-order valence-corrected chi connectivity index (χ1v) is 13.3. The third-order valence-electron chi connectivity index (χ3n) is 6.26. The molecular weight excluding hydrogens is 474 g/mol. The third kappa shape index (κ3) is 5.98. The number of carbonyl (C=O) groups is 2. The molecule has 1 amide bonds. The molecule has 1 saturated heterocycles. The Labute approximate surface area is 216 Å². The van der Waals surface area contributed by atoms with Crippen molar-refractivity contribution >= 4 is 23.6 Å². The molecule has 1 aliphatic heterocycles. The number of benzene rings is 3. The van der Waals surface area contributed by atoms with E-state index >= 15 is 0 Å². The van der Waals surface area contributed by atoms with Gasteiger partial charge in [0.25, 0.3) is 5.91 Å². The first-order chi connectivity index (χ1) is 17.5. The van der Waals surface area contributed by atoms with Gasteiger partial charge in [0.05, 0.1) is 13.7 Å². The van der Waals surface area contributed by atoms with Gasteiger partial charge in [0.15, 0.2) is 6.29 Å². The van der Waals surface area contributed by atoms with Crippen LogP contribution in [0.25, 0.3) is 11.1 Å². The van der Waals surface area contributed by atoms with Gasteiger partial charge in [0.2, 0.25) is 0 Å². The fraction of sp³-hybridized carbons (Fsp3) is 0.310. The highest BCUT2D eigenvalue weighted by Crippen LogP contribution is 2.37. The van der Waals surface area contributed by atoms with Crippen LogP contribution in [-0.2, 0) is 19.0 Å². The fourth-order valence-electron chi connectivity index (χ4n) is 4.29. The second kappa shape index (κ2) is 12.2. The molecule has 3 atom stereocenters. The largest absolute Gasteiger partial charge is 0.467 e. The zero-order chi connectivity index (χ0) is 25.5. The fourth-order valence-corrected chi connectivity index (χ4v) is 4.76. The van der Waals surface area contributed by atoms with Crippen LogP contribution >= 0.6 is 11.8 Å². The summed E-state index contributed by atoms with van der Waals surface area (Å²) in [6, 6.07) is 22.8. The molecule has 0 aromatic heterocycles. The van der Waals surface area contributed by atoms with Crippen LogP contribution in [-0.4, -0.2) is 43.6 Å². The first kappa shape index (κ1) is 25.9. The molecule has 7 heteroatoms. The van der Waals surface area contributed by atoms with Crippen LogP contribution < -0.4 is 5.32 Å². The van der Waals surface area contributed by atoms with E-state index < -0.39 is 18.3 Å². The van der Waals surface area contributed by atoms with Crippen molar-refractivity contribution in [3.05, 3.63) is 95.1 Å². The lowest BCUT2D eigenvalue weighted by Gasteiger charge is -2.19. The average Bonchev–Trinajstić information content (AvgIpc) is 3.41. The number of esters is 1. The van der Waals surface area contributed by atoms with Gasteiger partial charge in [-0.05, 0) is 59.7 Å². The summed E-state index contributed by atoms with van der Waals surface area (Å²) in [4.78, 5) is 25.7. The lowest BCUT2D eigenvalue weighted by molar-refractivity contribution is -0.142. The Morgan fingerprint density at radius 3 is 2.50 bits per heavy atom. The van der Waals surface area contributed by atoms with Crippen molar-refractivity contribution < 1.29 is 23.8 Å². The molecule has 36 heavy (non-hydrogen) atoms. The average molecular weight is 506 g/mol. The molecule has 1 N–H and O–H groups in total. The number of hydrogen-bond donors (Lipinski definition) is 1. The molecule has 0 aliphatic carbocycles. The molecular formula is C29H31NO5S. The Morgan fingerprint density at radius 1 is 1.03 bits per heavy atom. The van der Waals surface area contributed by atoms with Crippen LogP contribution in [0.3, 0.4) is 0 Å². The standard InChI is InChI=1S/C29H31NO5S/c1-19-9-7-8-12-22(19)24-17-21(29-34-18-26(35-29)20-10-5-4-6-11-20)13-14-23(24)27(31)30-25(15-16-36-3)28(32)33-2/h4-14,17,25-26,29H,15-16,18H2,1-3H3,(H,30,31)/t25-,26?,29?/m0/s1. The number of aryl methyl sites for hydroxylation is 1. The van der Waals surface area contributed by atoms with E-state index in [0.717, 1.165) is 33.6 Å². The molecule has 6 nitrogen and oxygen atoms in total. The van der Waals surface area contributed by atoms with Crippen molar-refractivity contribution in [1.82, 2.24) is 5.32 Å². The van der Waals surface area contributed by atoms with Gasteiger partial charge < -0.3 is 19.5 Å². The molecule has 0 spiro atoms. The molecule has 188 valence electrons. The zero-order valence-corrected chi connectivity index (χ0v) is 21.5. The minimum absolute atomic E-state index is 0.154. The molecule has 3 aromatic rings. The minimum Gasteiger partial charge on any atom is -0.467 e. The molecule has 0 saturated carbocycles. The van der Waals surface area contributed by atoms with E-state index in [1.54, 1.807) is 17.8 Å². The van der Waals surface area contributed by atoms with E-state index in [0.29, 0.717) is 18.6 Å². The van der Waals surface area contributed by atoms with Crippen LogP contribution in [0.1, 0.15) is 45.9 Å². The normalized spacial score (nSPS) is 18.0. The van der Waals surface area contributed by atoms with E-state index in [2.05, 4.69) is 5.32 Å². The second-order valence-electron chi connectivity index (χ2n) is 8.65. The smallest absolute Gasteiger partial charge is 0.328 e. The quantitative estimate of drug-likeness (QED) is 0.389. The Kier molecular flexibility index (Phi) is 8.80. The number of carbonyl (C=O) groups excluding carboxylic acids is 2. The molecule has 4 rings (SSSR count). The van der Waals surface area contributed by atoms with Gasteiger partial charge in [-0.25, -0.2) is 4.79 Å². The van der Waals surface area contributed by atoms with Gasteiger partial charge in [0.1, 0.15) is 12.1 Å². The van der Waals surface area contributed by atoms with Gasteiger partial charge in [-0.15, -0.1) is 0 Å². The number of thioether (sulfide) groups is 1. The van der Waals surface area contributed by atoms with Gasteiger partial charge in [-0.2, -0.15) is 11.8 Å². The van der Waals surface area contributed by atoms with E-state index in [1.165, 1.54) is 7.11 Å². The van der Waals surface area contributed by atoms with Crippen LogP contribution in [0, 0.1) is 6.92 Å². The maximum Gasteiger partial charge on any atom is 0.328 e. The molecule has 2 unspecified atom stereocenters. The van der Waals surface area contributed by atoms with Gasteiger partial charge >= 0.3 is 5.97 Å². The van der Waals surface area contributed by atoms with Gasteiger partial charge in [-0.1, -0.05) is 60.7 Å². The van der Waals surface area contributed by atoms with Crippen molar-refractivity contribution in [2.45, 2.75) is 31.8 Å². The van der Waals surface area contributed by atoms with Crippen molar-refractivity contribution in [2.24, 2.45) is 0 Å². The summed E-state index contributed by atoms with van der Waals surface area (Å²) in [5.74, 6) is -0.0549. The van der Waals surface area contributed by atoms with E-state index in [1.807, 2.05) is 79.9 Å². The number of nitrogens with one attached hydrogen (secondary N) is 1. The highest BCUT2D eigenvalue weighted by atomic mass is 32.2. The van der Waals surface area contributed by atoms with Crippen molar-refractivity contribution in [3.8, 4) is 11.1 Å². The first-order valence-electron chi connectivity index (χ1n) is 11.9. The Hall–Kier alpha value is -3.13. The number of methoxy groups -OCH3 is 1. The minimum atomic E-state index is -0.715. The van der Waals surface area contributed by atoms with Crippen molar-refractivity contribution in [3.63, 3.8) is 0 Å². The maximum atomic E-state index is 13.4. The molecule has 0 bridgehead atoms. The summed E-state index contributed by atoms with van der Waals surface area (Å²) < 4.78 is 17.1. The number of amides is 1. The molecule has 0 radical (unpaired) electrons. The summed E-state index contributed by atoms with van der Waals surface area (Å²) in [6.07, 6.45) is 1.75. The van der Waals surface area contributed by atoms with Crippen molar-refractivity contribution in [2.75, 3.05) is 25.7 Å². The Balaban J connectivity index is 1.64. The summed E-state index contributed by atoms with van der Waals surface area (Å²) in [5.41, 5.74) is 5.09. The molecule has 1 aliphatic rings. The highest BCUT2D eigenvalue weighted by Gasteiger charge is 2.30. The van der Waals surface area contributed by atoms with Crippen LogP contribution in [0.2, 0.25) is 0 Å². The molecule has 1 fully saturated rings. The van der Waals surface area contributed by atoms with Crippen molar-refractivity contribution in [1.29, 1.82) is 0 Å². The monoisotopic (exact) mass is 505 g/mol. The lowest BCUT2D eigenvalue weighted by atomic mass is 9.93. The summed E-state index contributed by atoms with van der Waals surface area (Å²) in [6.45, 7) is 2.46. The van der Waals surface area contributed by atoms with E-state index in [-0.39, 0.29) is 12.0 Å². The Morgan fingerprint density at radius 2 is 1.78 bits per heavy atom. The van der Waals surface area contributed by atoms with E-state index in [9.17, 15) is 9.59 Å². The Bertz CT molecular complexity index is 1200. The number of rotatable bonds is 9. The molecule has 3 aromatic carbocycles. The summed E-state index contributed by atoms with van der Waals surface area (Å²) >= 11 is 1.61. The lowest BCUT2D eigenvalue weighted by Crippen LogP contribution is -2.42. The van der Waals surface area contributed by atoms with Crippen LogP contribution in [0.4, 0.5) is 0 Å². The topological polar surface area (TPSA) is 73.9 Å². The zero-order valence-electron chi connectivity index (χ0n) is 20.7.